The molecule has 0 aliphatic carbocycles. The summed E-state index contributed by atoms with van der Waals surface area (Å²) in [6.07, 6.45) is 2.55. The van der Waals surface area contributed by atoms with Crippen molar-refractivity contribution < 1.29 is 14.3 Å². The number of carbonyl (C=O) groups is 2. The lowest BCUT2D eigenvalue weighted by molar-refractivity contribution is -0.138. The minimum atomic E-state index is -0.404. The van der Waals surface area contributed by atoms with Crippen molar-refractivity contribution in [3.05, 3.63) is 0 Å². The van der Waals surface area contributed by atoms with Crippen LogP contribution in [0.3, 0.4) is 0 Å². The van der Waals surface area contributed by atoms with Gasteiger partial charge in [0.1, 0.15) is 6.04 Å². The minimum absolute atomic E-state index is 0.0313. The zero-order valence-electron chi connectivity index (χ0n) is 12.0. The van der Waals surface area contributed by atoms with E-state index in [2.05, 4.69) is 5.32 Å². The molecule has 108 valence electrons. The fraction of sp³-hybridized carbons (Fsp3) is 0.857. The van der Waals surface area contributed by atoms with E-state index in [9.17, 15) is 9.59 Å². The molecule has 3 atom stereocenters. The Labute approximate surface area is 114 Å². The first kappa shape index (κ1) is 14.3. The highest BCUT2D eigenvalue weighted by Crippen LogP contribution is 2.22. The molecule has 2 fully saturated rings. The summed E-state index contributed by atoms with van der Waals surface area (Å²) in [5.74, 6) is 0.103. The molecule has 0 spiro atoms. The van der Waals surface area contributed by atoms with Crippen LogP contribution in [0.1, 0.15) is 40.0 Å². The van der Waals surface area contributed by atoms with Gasteiger partial charge in [-0.1, -0.05) is 13.8 Å². The van der Waals surface area contributed by atoms with Gasteiger partial charge in [-0.2, -0.15) is 0 Å². The number of nitrogens with one attached hydrogen (secondary N) is 1. The SMILES string of the molecule is CC(C)C1NC(=O)CCN(C(C)C2CCCO2)C1=O. The molecule has 3 unspecified atom stereocenters. The van der Waals surface area contributed by atoms with Crippen LogP contribution in [0, 0.1) is 5.92 Å². The highest BCUT2D eigenvalue weighted by atomic mass is 16.5. The van der Waals surface area contributed by atoms with E-state index in [-0.39, 0.29) is 29.9 Å². The fourth-order valence-corrected chi connectivity index (χ4v) is 2.86. The van der Waals surface area contributed by atoms with Crippen LogP contribution in [-0.4, -0.2) is 48.1 Å². The first-order chi connectivity index (χ1) is 9.00. The van der Waals surface area contributed by atoms with Gasteiger partial charge in [0, 0.05) is 19.6 Å². The number of rotatable bonds is 3. The van der Waals surface area contributed by atoms with Crippen molar-refractivity contribution in [1.29, 1.82) is 0 Å². The third-order valence-corrected chi connectivity index (χ3v) is 4.11. The first-order valence-corrected chi connectivity index (χ1v) is 7.22. The second-order valence-corrected chi connectivity index (χ2v) is 5.86. The second kappa shape index (κ2) is 5.90. The summed E-state index contributed by atoms with van der Waals surface area (Å²) in [5.41, 5.74) is 0. The molecule has 2 amide bonds. The topological polar surface area (TPSA) is 58.6 Å². The van der Waals surface area contributed by atoms with Gasteiger partial charge in [-0.05, 0) is 25.7 Å². The molecule has 5 nitrogen and oxygen atoms in total. The molecular weight excluding hydrogens is 244 g/mol. The molecule has 2 aliphatic rings. The molecule has 2 aliphatic heterocycles. The standard InChI is InChI=1S/C14H24N2O3/c1-9(2)13-14(18)16(7-6-12(17)15-13)10(3)11-5-4-8-19-11/h9-11,13H,4-8H2,1-3H3,(H,15,17). The smallest absolute Gasteiger partial charge is 0.245 e. The maximum atomic E-state index is 12.6. The number of amides is 2. The summed E-state index contributed by atoms with van der Waals surface area (Å²) in [7, 11) is 0. The third kappa shape index (κ3) is 3.08. The Morgan fingerprint density at radius 3 is 2.63 bits per heavy atom. The normalized spacial score (nSPS) is 30.4. The number of hydrogen-bond donors (Lipinski definition) is 1. The molecule has 0 radical (unpaired) electrons. The number of hydrogen-bond acceptors (Lipinski definition) is 3. The lowest BCUT2D eigenvalue weighted by Crippen LogP contribution is -2.52. The molecule has 0 bridgehead atoms. The van der Waals surface area contributed by atoms with Crippen molar-refractivity contribution in [2.24, 2.45) is 5.92 Å². The largest absolute Gasteiger partial charge is 0.376 e. The lowest BCUT2D eigenvalue weighted by Gasteiger charge is -2.34. The van der Waals surface area contributed by atoms with Gasteiger partial charge < -0.3 is 15.0 Å². The van der Waals surface area contributed by atoms with Gasteiger partial charge in [-0.15, -0.1) is 0 Å². The highest BCUT2D eigenvalue weighted by Gasteiger charge is 2.37. The fourth-order valence-electron chi connectivity index (χ4n) is 2.86. The molecule has 2 rings (SSSR count). The zero-order valence-corrected chi connectivity index (χ0v) is 12.0. The maximum Gasteiger partial charge on any atom is 0.245 e. The first-order valence-electron chi connectivity index (χ1n) is 7.22. The van der Waals surface area contributed by atoms with Gasteiger partial charge in [0.2, 0.25) is 11.8 Å². The molecule has 2 heterocycles. The van der Waals surface area contributed by atoms with Gasteiger partial charge >= 0.3 is 0 Å². The molecule has 1 N–H and O–H groups in total. The van der Waals surface area contributed by atoms with E-state index in [4.69, 9.17) is 4.74 Å². The molecule has 5 heteroatoms. The van der Waals surface area contributed by atoms with Crippen LogP contribution in [0.2, 0.25) is 0 Å². The van der Waals surface area contributed by atoms with Gasteiger partial charge in [-0.25, -0.2) is 0 Å². The summed E-state index contributed by atoms with van der Waals surface area (Å²) < 4.78 is 5.68. The minimum Gasteiger partial charge on any atom is -0.376 e. The highest BCUT2D eigenvalue weighted by molar-refractivity contribution is 5.90. The Balaban J connectivity index is 2.13. The molecule has 19 heavy (non-hydrogen) atoms. The monoisotopic (exact) mass is 268 g/mol. The average Bonchev–Trinajstić information content (AvgIpc) is 2.84. The van der Waals surface area contributed by atoms with Crippen LogP contribution in [0.4, 0.5) is 0 Å². The van der Waals surface area contributed by atoms with Gasteiger partial charge in [0.15, 0.2) is 0 Å². The van der Waals surface area contributed by atoms with E-state index in [1.54, 1.807) is 0 Å². The van der Waals surface area contributed by atoms with Crippen molar-refractivity contribution >= 4 is 11.8 Å². The van der Waals surface area contributed by atoms with Crippen molar-refractivity contribution in [2.45, 2.75) is 58.2 Å². The van der Waals surface area contributed by atoms with Crippen LogP contribution < -0.4 is 5.32 Å². The van der Waals surface area contributed by atoms with Crippen LogP contribution in [-0.2, 0) is 14.3 Å². The van der Waals surface area contributed by atoms with E-state index >= 15 is 0 Å². The van der Waals surface area contributed by atoms with E-state index in [0.717, 1.165) is 19.4 Å². The Bertz CT molecular complexity index is 351. The molecule has 0 aromatic rings. The van der Waals surface area contributed by atoms with Gasteiger partial charge in [0.25, 0.3) is 0 Å². The molecule has 0 aromatic carbocycles. The van der Waals surface area contributed by atoms with E-state index in [1.807, 2.05) is 25.7 Å². The van der Waals surface area contributed by atoms with Crippen LogP contribution in [0.15, 0.2) is 0 Å². The maximum absolute atomic E-state index is 12.6. The zero-order chi connectivity index (χ0) is 14.0. The van der Waals surface area contributed by atoms with E-state index in [1.165, 1.54) is 0 Å². The van der Waals surface area contributed by atoms with Gasteiger partial charge in [0.05, 0.1) is 12.1 Å². The summed E-state index contributed by atoms with van der Waals surface area (Å²) in [6.45, 7) is 7.23. The van der Waals surface area contributed by atoms with Crippen LogP contribution in [0.5, 0.6) is 0 Å². The summed E-state index contributed by atoms with van der Waals surface area (Å²) in [4.78, 5) is 26.1. The van der Waals surface area contributed by atoms with Crippen molar-refractivity contribution in [3.63, 3.8) is 0 Å². The van der Waals surface area contributed by atoms with Crippen LogP contribution >= 0.6 is 0 Å². The van der Waals surface area contributed by atoms with Crippen molar-refractivity contribution in [3.8, 4) is 0 Å². The Morgan fingerprint density at radius 1 is 1.32 bits per heavy atom. The molecule has 0 aromatic heterocycles. The lowest BCUT2D eigenvalue weighted by atomic mass is 10.0. The van der Waals surface area contributed by atoms with E-state index in [0.29, 0.717) is 13.0 Å². The predicted octanol–water partition coefficient (Wildman–Crippen LogP) is 0.927. The van der Waals surface area contributed by atoms with Crippen LogP contribution in [0.25, 0.3) is 0 Å². The Morgan fingerprint density at radius 2 is 2.05 bits per heavy atom. The van der Waals surface area contributed by atoms with Gasteiger partial charge in [-0.3, -0.25) is 9.59 Å². The van der Waals surface area contributed by atoms with Crippen molar-refractivity contribution in [1.82, 2.24) is 10.2 Å². The average molecular weight is 268 g/mol. The number of carbonyl (C=O) groups excluding carboxylic acids is 2. The van der Waals surface area contributed by atoms with E-state index < -0.39 is 6.04 Å². The summed E-state index contributed by atoms with van der Waals surface area (Å²) >= 11 is 0. The number of ether oxygens (including phenoxy) is 1. The Kier molecular flexibility index (Phi) is 4.45. The quantitative estimate of drug-likeness (QED) is 0.828. The summed E-state index contributed by atoms with van der Waals surface area (Å²) in [5, 5.41) is 2.83. The van der Waals surface area contributed by atoms with Crippen molar-refractivity contribution in [2.75, 3.05) is 13.2 Å². The third-order valence-electron chi connectivity index (χ3n) is 4.11. The molecular formula is C14H24N2O3. The second-order valence-electron chi connectivity index (χ2n) is 5.86. The molecule has 0 saturated carbocycles. The number of nitrogens with zero attached hydrogens (tertiary/aromatic N) is 1. The Hall–Kier alpha value is -1.10. The summed E-state index contributed by atoms with van der Waals surface area (Å²) in [6, 6.07) is -0.359. The predicted molar refractivity (Wildman–Crippen MR) is 71.5 cm³/mol. The molecule has 2 saturated heterocycles.